The molecular formula is C11H22N2O2. The van der Waals surface area contributed by atoms with Gasteiger partial charge in [-0.05, 0) is 12.3 Å². The number of likely N-dealkylation sites (N-methyl/N-ethyl adjacent to an activating group) is 1. The maximum atomic E-state index is 11.5. The molecule has 4 heteroatoms. The first kappa shape index (κ1) is 12.5. The second-order valence-electron chi connectivity index (χ2n) is 4.75. The summed E-state index contributed by atoms with van der Waals surface area (Å²) >= 11 is 0. The van der Waals surface area contributed by atoms with E-state index in [1.807, 2.05) is 7.05 Å². The Kier molecular flexibility index (Phi) is 4.54. The summed E-state index contributed by atoms with van der Waals surface area (Å²) in [4.78, 5) is 15.4. The first-order chi connectivity index (χ1) is 7.04. The second-order valence-corrected chi connectivity index (χ2v) is 4.75. The number of aliphatic hydroxyl groups excluding tert-OH is 1. The quantitative estimate of drug-likeness (QED) is 0.725. The predicted molar refractivity (Wildman–Crippen MR) is 59.5 cm³/mol. The van der Waals surface area contributed by atoms with Gasteiger partial charge in [-0.1, -0.05) is 13.8 Å². The molecule has 1 aliphatic rings. The molecule has 1 saturated heterocycles. The average Bonchev–Trinajstić information content (AvgIpc) is 2.13. The standard InChI is InChI=1S/C11H22N2O2/c1-9(2)6-10-7-12(3)11(15)8-13(10)4-5-14/h9-10,14H,4-8H2,1-3H3. The molecule has 0 aromatic rings. The highest BCUT2D eigenvalue weighted by Crippen LogP contribution is 2.16. The summed E-state index contributed by atoms with van der Waals surface area (Å²) in [5.41, 5.74) is 0. The highest BCUT2D eigenvalue weighted by atomic mass is 16.3. The molecule has 0 aromatic heterocycles. The summed E-state index contributed by atoms with van der Waals surface area (Å²) in [5.74, 6) is 0.779. The SMILES string of the molecule is CC(C)CC1CN(C)C(=O)CN1CCO. The summed E-state index contributed by atoms with van der Waals surface area (Å²) < 4.78 is 0. The number of hydrogen-bond donors (Lipinski definition) is 1. The molecule has 1 N–H and O–H groups in total. The van der Waals surface area contributed by atoms with E-state index in [-0.39, 0.29) is 12.5 Å². The van der Waals surface area contributed by atoms with E-state index in [9.17, 15) is 4.79 Å². The monoisotopic (exact) mass is 214 g/mol. The summed E-state index contributed by atoms with van der Waals surface area (Å²) in [6.45, 7) is 6.36. The van der Waals surface area contributed by atoms with Crippen molar-refractivity contribution in [3.63, 3.8) is 0 Å². The van der Waals surface area contributed by atoms with E-state index in [4.69, 9.17) is 5.11 Å². The minimum Gasteiger partial charge on any atom is -0.395 e. The molecule has 1 fully saturated rings. The molecular weight excluding hydrogens is 192 g/mol. The molecule has 1 unspecified atom stereocenters. The molecule has 1 amide bonds. The van der Waals surface area contributed by atoms with Crippen LogP contribution in [0.3, 0.4) is 0 Å². The Bertz CT molecular complexity index is 219. The lowest BCUT2D eigenvalue weighted by atomic mass is 10.00. The minimum absolute atomic E-state index is 0.131. The minimum atomic E-state index is 0.131. The number of β-amino-alcohol motifs (C(OH)–C–C–N with tert-alkyl or cyclic N) is 1. The number of amides is 1. The van der Waals surface area contributed by atoms with Gasteiger partial charge in [0, 0.05) is 26.2 Å². The number of piperazine rings is 1. The van der Waals surface area contributed by atoms with Crippen molar-refractivity contribution in [1.82, 2.24) is 9.80 Å². The van der Waals surface area contributed by atoms with Gasteiger partial charge in [-0.2, -0.15) is 0 Å². The maximum absolute atomic E-state index is 11.5. The molecule has 1 aliphatic heterocycles. The molecule has 0 radical (unpaired) electrons. The van der Waals surface area contributed by atoms with Crippen LogP contribution in [0.2, 0.25) is 0 Å². The zero-order valence-electron chi connectivity index (χ0n) is 9.94. The van der Waals surface area contributed by atoms with Crippen molar-refractivity contribution in [1.29, 1.82) is 0 Å². The lowest BCUT2D eigenvalue weighted by molar-refractivity contribution is -0.137. The zero-order chi connectivity index (χ0) is 11.4. The maximum Gasteiger partial charge on any atom is 0.236 e. The fourth-order valence-corrected chi connectivity index (χ4v) is 2.11. The van der Waals surface area contributed by atoms with Gasteiger partial charge in [0.25, 0.3) is 0 Å². The molecule has 15 heavy (non-hydrogen) atoms. The molecule has 1 rings (SSSR count). The van der Waals surface area contributed by atoms with Gasteiger partial charge >= 0.3 is 0 Å². The van der Waals surface area contributed by atoms with Gasteiger partial charge in [-0.25, -0.2) is 0 Å². The van der Waals surface area contributed by atoms with Crippen LogP contribution in [0.25, 0.3) is 0 Å². The highest BCUT2D eigenvalue weighted by Gasteiger charge is 2.29. The smallest absolute Gasteiger partial charge is 0.236 e. The van der Waals surface area contributed by atoms with Crippen LogP contribution in [0.4, 0.5) is 0 Å². The Labute approximate surface area is 91.9 Å². The van der Waals surface area contributed by atoms with Crippen molar-refractivity contribution >= 4 is 5.91 Å². The molecule has 0 aliphatic carbocycles. The molecule has 0 bridgehead atoms. The van der Waals surface area contributed by atoms with Crippen LogP contribution in [0.1, 0.15) is 20.3 Å². The van der Waals surface area contributed by atoms with Gasteiger partial charge in [0.05, 0.1) is 13.2 Å². The number of nitrogens with zero attached hydrogens (tertiary/aromatic N) is 2. The molecule has 0 saturated carbocycles. The van der Waals surface area contributed by atoms with Crippen LogP contribution in [0, 0.1) is 5.92 Å². The first-order valence-corrected chi connectivity index (χ1v) is 5.63. The lowest BCUT2D eigenvalue weighted by Crippen LogP contribution is -2.55. The van der Waals surface area contributed by atoms with Gasteiger partial charge in [0.1, 0.15) is 0 Å². The third-order valence-electron chi connectivity index (χ3n) is 2.90. The molecule has 1 heterocycles. The molecule has 0 aromatic carbocycles. The summed E-state index contributed by atoms with van der Waals surface area (Å²) in [7, 11) is 1.85. The van der Waals surface area contributed by atoms with E-state index in [1.165, 1.54) is 0 Å². The Morgan fingerprint density at radius 3 is 2.73 bits per heavy atom. The summed E-state index contributed by atoms with van der Waals surface area (Å²) in [6.07, 6.45) is 1.08. The zero-order valence-corrected chi connectivity index (χ0v) is 9.94. The van der Waals surface area contributed by atoms with Crippen molar-refractivity contribution in [2.24, 2.45) is 5.92 Å². The number of rotatable bonds is 4. The van der Waals surface area contributed by atoms with Crippen molar-refractivity contribution < 1.29 is 9.90 Å². The van der Waals surface area contributed by atoms with Crippen molar-refractivity contribution in [2.45, 2.75) is 26.3 Å². The van der Waals surface area contributed by atoms with Crippen LogP contribution in [-0.2, 0) is 4.79 Å². The van der Waals surface area contributed by atoms with E-state index < -0.39 is 0 Å². The van der Waals surface area contributed by atoms with Gasteiger partial charge in [-0.3, -0.25) is 9.69 Å². The van der Waals surface area contributed by atoms with E-state index in [2.05, 4.69) is 18.7 Å². The first-order valence-electron chi connectivity index (χ1n) is 5.63. The average molecular weight is 214 g/mol. The fraction of sp³-hybridized carbons (Fsp3) is 0.909. The van der Waals surface area contributed by atoms with E-state index in [0.717, 1.165) is 13.0 Å². The Hall–Kier alpha value is -0.610. The van der Waals surface area contributed by atoms with E-state index >= 15 is 0 Å². The number of aliphatic hydroxyl groups is 1. The Morgan fingerprint density at radius 2 is 2.20 bits per heavy atom. The van der Waals surface area contributed by atoms with Crippen LogP contribution in [-0.4, -0.2) is 60.1 Å². The van der Waals surface area contributed by atoms with Crippen LogP contribution in [0.15, 0.2) is 0 Å². The third kappa shape index (κ3) is 3.47. The number of carbonyl (C=O) groups excluding carboxylic acids is 1. The van der Waals surface area contributed by atoms with Gasteiger partial charge < -0.3 is 10.0 Å². The van der Waals surface area contributed by atoms with Gasteiger partial charge in [0.2, 0.25) is 5.91 Å². The highest BCUT2D eigenvalue weighted by molar-refractivity contribution is 5.78. The van der Waals surface area contributed by atoms with Crippen LogP contribution in [0.5, 0.6) is 0 Å². The normalized spacial score (nSPS) is 23.9. The topological polar surface area (TPSA) is 43.8 Å². The molecule has 0 spiro atoms. The predicted octanol–water partition coefficient (Wildman–Crippen LogP) is 0.167. The van der Waals surface area contributed by atoms with Crippen molar-refractivity contribution in [3.8, 4) is 0 Å². The van der Waals surface area contributed by atoms with Crippen molar-refractivity contribution in [3.05, 3.63) is 0 Å². The molecule has 1 atom stereocenters. The third-order valence-corrected chi connectivity index (χ3v) is 2.90. The summed E-state index contributed by atoms with van der Waals surface area (Å²) in [5, 5.41) is 8.96. The lowest BCUT2D eigenvalue weighted by Gasteiger charge is -2.40. The fourth-order valence-electron chi connectivity index (χ4n) is 2.11. The summed E-state index contributed by atoms with van der Waals surface area (Å²) in [6, 6.07) is 0.403. The molecule has 88 valence electrons. The van der Waals surface area contributed by atoms with Crippen LogP contribution < -0.4 is 0 Å². The second kappa shape index (κ2) is 5.47. The largest absolute Gasteiger partial charge is 0.395 e. The number of hydrogen-bond acceptors (Lipinski definition) is 3. The van der Waals surface area contributed by atoms with E-state index in [1.54, 1.807) is 4.90 Å². The molecule has 4 nitrogen and oxygen atoms in total. The Balaban J connectivity index is 2.59. The van der Waals surface area contributed by atoms with E-state index in [0.29, 0.717) is 25.0 Å². The number of carbonyl (C=O) groups is 1. The van der Waals surface area contributed by atoms with Gasteiger partial charge in [-0.15, -0.1) is 0 Å². The van der Waals surface area contributed by atoms with Crippen LogP contribution >= 0.6 is 0 Å². The van der Waals surface area contributed by atoms with Gasteiger partial charge in [0.15, 0.2) is 0 Å². The van der Waals surface area contributed by atoms with Crippen molar-refractivity contribution in [2.75, 3.05) is 33.3 Å². The Morgan fingerprint density at radius 1 is 1.53 bits per heavy atom.